The SMILES string of the molecule is C=CCN(CCC)C(=O)[C@H]1[C@H]2C(=O)N([C@H](C)CO)C(C(=O)N(CC=C)c3cc(C)ccc3C)C23CC[C@]1(C)O3. The highest BCUT2D eigenvalue weighted by Crippen LogP contribution is 2.64. The molecule has 8 nitrogen and oxygen atoms in total. The molecule has 1 aromatic rings. The molecule has 1 N–H and O–H groups in total. The number of hydrogen-bond donors (Lipinski definition) is 1. The van der Waals surface area contributed by atoms with Crippen LogP contribution in [0, 0.1) is 25.7 Å². The molecule has 1 spiro atoms. The van der Waals surface area contributed by atoms with E-state index < -0.39 is 35.1 Å². The summed E-state index contributed by atoms with van der Waals surface area (Å²) in [4.78, 5) is 47.8. The number of ether oxygens (including phenoxy) is 1. The van der Waals surface area contributed by atoms with Crippen LogP contribution in [0.1, 0.15) is 51.2 Å². The van der Waals surface area contributed by atoms with Crippen LogP contribution in [0.25, 0.3) is 0 Å². The number of hydrogen-bond acceptors (Lipinski definition) is 5. The van der Waals surface area contributed by atoms with Gasteiger partial charge in [0.1, 0.15) is 11.6 Å². The van der Waals surface area contributed by atoms with E-state index in [4.69, 9.17) is 4.74 Å². The van der Waals surface area contributed by atoms with Crippen molar-refractivity contribution in [2.45, 2.75) is 77.2 Å². The van der Waals surface area contributed by atoms with Crippen molar-refractivity contribution in [1.82, 2.24) is 9.80 Å². The monoisotopic (exact) mass is 537 g/mol. The quantitative estimate of drug-likeness (QED) is 0.437. The standard InChI is InChI=1S/C31H43N3O5/c1-8-15-32(16-9-2)27(36)24-25-28(37)34(22(6)19-35)26(31(25)14-13-30(24,7)39-31)29(38)33(17-10-3)23-18-20(4)11-12-21(23)5/h8,10-12,18,22,24-26,35H,1,3,9,13-17,19H2,2,4-7H3/t22-,24-,25+,26?,30+,31?/m1/s1. The van der Waals surface area contributed by atoms with Crippen molar-refractivity contribution in [2.24, 2.45) is 11.8 Å². The number of amides is 3. The van der Waals surface area contributed by atoms with E-state index in [2.05, 4.69) is 13.2 Å². The van der Waals surface area contributed by atoms with Crippen molar-refractivity contribution in [3.63, 3.8) is 0 Å². The van der Waals surface area contributed by atoms with Gasteiger partial charge < -0.3 is 24.5 Å². The van der Waals surface area contributed by atoms with E-state index in [1.807, 2.05) is 45.9 Å². The molecular formula is C31H43N3O5. The third kappa shape index (κ3) is 4.51. The zero-order valence-electron chi connectivity index (χ0n) is 24.0. The fraction of sp³-hybridized carbons (Fsp3) is 0.581. The Kier molecular flexibility index (Phi) is 8.11. The largest absolute Gasteiger partial charge is 0.394 e. The highest BCUT2D eigenvalue weighted by molar-refractivity contribution is 6.05. The molecule has 39 heavy (non-hydrogen) atoms. The van der Waals surface area contributed by atoms with Crippen LogP contribution < -0.4 is 4.90 Å². The maximum Gasteiger partial charge on any atom is 0.253 e. The lowest BCUT2D eigenvalue weighted by atomic mass is 9.66. The average Bonchev–Trinajstić information content (AvgIpc) is 3.48. The number of nitrogens with zero attached hydrogens (tertiary/aromatic N) is 3. The normalized spacial score (nSPS) is 29.7. The minimum absolute atomic E-state index is 0.138. The van der Waals surface area contributed by atoms with Crippen LogP contribution in [-0.4, -0.2) is 82.2 Å². The van der Waals surface area contributed by atoms with E-state index in [1.165, 1.54) is 4.90 Å². The van der Waals surface area contributed by atoms with Gasteiger partial charge in [-0.15, -0.1) is 13.2 Å². The zero-order valence-corrected chi connectivity index (χ0v) is 24.0. The number of benzene rings is 1. The molecule has 8 heteroatoms. The van der Waals surface area contributed by atoms with E-state index in [-0.39, 0.29) is 30.9 Å². The molecule has 2 bridgehead atoms. The van der Waals surface area contributed by atoms with Gasteiger partial charge in [0.25, 0.3) is 5.91 Å². The van der Waals surface area contributed by atoms with Gasteiger partial charge in [-0.3, -0.25) is 14.4 Å². The number of likely N-dealkylation sites (tertiary alicyclic amines) is 1. The second-order valence-electron chi connectivity index (χ2n) is 11.6. The predicted molar refractivity (Wildman–Crippen MR) is 151 cm³/mol. The van der Waals surface area contributed by atoms with Gasteiger partial charge in [0.05, 0.1) is 30.1 Å². The van der Waals surface area contributed by atoms with Gasteiger partial charge in [-0.05, 0) is 64.2 Å². The van der Waals surface area contributed by atoms with Gasteiger partial charge in [-0.25, -0.2) is 0 Å². The Morgan fingerprint density at radius 3 is 2.51 bits per heavy atom. The Morgan fingerprint density at radius 2 is 1.90 bits per heavy atom. The van der Waals surface area contributed by atoms with Crippen LogP contribution >= 0.6 is 0 Å². The highest BCUT2D eigenvalue weighted by Gasteiger charge is 2.78. The molecule has 3 aliphatic heterocycles. The van der Waals surface area contributed by atoms with Crippen LogP contribution in [-0.2, 0) is 19.1 Å². The lowest BCUT2D eigenvalue weighted by Gasteiger charge is -2.39. The Balaban J connectivity index is 1.84. The summed E-state index contributed by atoms with van der Waals surface area (Å²) >= 11 is 0. The molecule has 3 aliphatic rings. The summed E-state index contributed by atoms with van der Waals surface area (Å²) < 4.78 is 6.77. The lowest BCUT2D eigenvalue weighted by molar-refractivity contribution is -0.151. The number of aryl methyl sites for hydroxylation is 2. The number of aliphatic hydroxyl groups excluding tert-OH is 1. The minimum atomic E-state index is -1.16. The van der Waals surface area contributed by atoms with Gasteiger partial charge in [0, 0.05) is 25.3 Å². The van der Waals surface area contributed by atoms with E-state index in [0.29, 0.717) is 25.9 Å². The summed E-state index contributed by atoms with van der Waals surface area (Å²) in [6.07, 6.45) is 5.19. The molecule has 3 saturated heterocycles. The van der Waals surface area contributed by atoms with Crippen LogP contribution in [0.2, 0.25) is 0 Å². The molecule has 0 aliphatic carbocycles. The first-order chi connectivity index (χ1) is 18.5. The summed E-state index contributed by atoms with van der Waals surface area (Å²) in [5.74, 6) is -2.24. The first kappa shape index (κ1) is 29.0. The van der Waals surface area contributed by atoms with Crippen LogP contribution in [0.5, 0.6) is 0 Å². The maximum atomic E-state index is 14.6. The van der Waals surface area contributed by atoms with E-state index >= 15 is 0 Å². The van der Waals surface area contributed by atoms with Gasteiger partial charge in [-0.2, -0.15) is 0 Å². The first-order valence-electron chi connectivity index (χ1n) is 14.0. The van der Waals surface area contributed by atoms with E-state index in [1.54, 1.807) is 28.9 Å². The molecule has 0 aromatic heterocycles. The first-order valence-corrected chi connectivity index (χ1v) is 14.0. The number of fused-ring (bicyclic) bond motifs is 1. The van der Waals surface area contributed by atoms with Crippen molar-refractivity contribution >= 4 is 23.4 Å². The summed E-state index contributed by atoms with van der Waals surface area (Å²) in [7, 11) is 0. The summed E-state index contributed by atoms with van der Waals surface area (Å²) in [5, 5.41) is 10.2. The Bertz CT molecular complexity index is 1170. The number of rotatable bonds is 11. The molecule has 6 atom stereocenters. The predicted octanol–water partition coefficient (Wildman–Crippen LogP) is 3.39. The minimum Gasteiger partial charge on any atom is -0.394 e. The van der Waals surface area contributed by atoms with Gasteiger partial charge in [0.15, 0.2) is 0 Å². The van der Waals surface area contributed by atoms with Gasteiger partial charge in [0.2, 0.25) is 11.8 Å². The summed E-state index contributed by atoms with van der Waals surface area (Å²) in [5.41, 5.74) is 0.657. The van der Waals surface area contributed by atoms with Gasteiger partial charge >= 0.3 is 0 Å². The third-order valence-electron chi connectivity index (χ3n) is 8.84. The molecule has 3 heterocycles. The smallest absolute Gasteiger partial charge is 0.253 e. The molecule has 2 unspecified atom stereocenters. The maximum absolute atomic E-state index is 14.6. The third-order valence-corrected chi connectivity index (χ3v) is 8.84. The molecule has 212 valence electrons. The fourth-order valence-electron chi connectivity index (χ4n) is 7.09. The van der Waals surface area contributed by atoms with Crippen LogP contribution in [0.15, 0.2) is 43.5 Å². The summed E-state index contributed by atoms with van der Waals surface area (Å²) in [6, 6.07) is 4.32. The molecule has 3 amide bonds. The Hall–Kier alpha value is -2.97. The molecule has 4 rings (SSSR count). The second kappa shape index (κ2) is 10.9. The number of carbonyl (C=O) groups excluding carboxylic acids is 3. The van der Waals surface area contributed by atoms with Gasteiger partial charge in [-0.1, -0.05) is 31.2 Å². The van der Waals surface area contributed by atoms with Crippen molar-refractivity contribution in [2.75, 3.05) is 31.1 Å². The van der Waals surface area contributed by atoms with E-state index in [0.717, 1.165) is 23.2 Å². The van der Waals surface area contributed by atoms with Crippen LogP contribution in [0.3, 0.4) is 0 Å². The number of aliphatic hydroxyl groups is 1. The second-order valence-corrected chi connectivity index (χ2v) is 11.6. The van der Waals surface area contributed by atoms with Crippen molar-refractivity contribution in [3.8, 4) is 0 Å². The molecule has 1 aromatic carbocycles. The number of anilines is 1. The van der Waals surface area contributed by atoms with E-state index in [9.17, 15) is 19.5 Å². The summed E-state index contributed by atoms with van der Waals surface area (Å²) in [6.45, 7) is 18.1. The number of carbonyl (C=O) groups is 3. The molecule has 3 fully saturated rings. The average molecular weight is 538 g/mol. The van der Waals surface area contributed by atoms with Crippen molar-refractivity contribution < 1.29 is 24.2 Å². The molecule has 0 radical (unpaired) electrons. The van der Waals surface area contributed by atoms with Crippen LogP contribution in [0.4, 0.5) is 5.69 Å². The molecule has 0 saturated carbocycles. The van der Waals surface area contributed by atoms with Crippen molar-refractivity contribution in [3.05, 3.63) is 54.6 Å². The molecular weight excluding hydrogens is 494 g/mol. The fourth-order valence-corrected chi connectivity index (χ4v) is 7.09. The zero-order chi connectivity index (χ0) is 28.7. The van der Waals surface area contributed by atoms with Crippen molar-refractivity contribution in [1.29, 1.82) is 0 Å². The lowest BCUT2D eigenvalue weighted by Crippen LogP contribution is -2.58. The topological polar surface area (TPSA) is 90.4 Å². The Labute approximate surface area is 232 Å². The highest BCUT2D eigenvalue weighted by atomic mass is 16.5. The Morgan fingerprint density at radius 1 is 1.21 bits per heavy atom.